The lowest BCUT2D eigenvalue weighted by Crippen LogP contribution is -2.09. The van der Waals surface area contributed by atoms with Gasteiger partial charge in [0.25, 0.3) is 0 Å². The molecule has 84 valence electrons. The van der Waals surface area contributed by atoms with Crippen LogP contribution in [0.25, 0.3) is 0 Å². The third kappa shape index (κ3) is 3.40. The van der Waals surface area contributed by atoms with Crippen LogP contribution in [0.15, 0.2) is 18.2 Å². The van der Waals surface area contributed by atoms with Gasteiger partial charge in [0.2, 0.25) is 0 Å². The minimum absolute atomic E-state index is 0.0393. The third-order valence-electron chi connectivity index (χ3n) is 2.14. The summed E-state index contributed by atoms with van der Waals surface area (Å²) in [5.74, 6) is 0.841. The molecule has 0 bridgehead atoms. The number of aliphatic hydroxyl groups excluding tert-OH is 1. The van der Waals surface area contributed by atoms with Crippen LogP contribution in [0.2, 0.25) is 5.02 Å². The predicted molar refractivity (Wildman–Crippen MR) is 62.7 cm³/mol. The molecule has 0 aliphatic heterocycles. The van der Waals surface area contributed by atoms with Crippen molar-refractivity contribution in [2.24, 2.45) is 0 Å². The standard InChI is InChI=1S/C12H17ClO2/c1-8(2)15-12-5-4-10(13)6-11(12)9(3)7-14/h4-6,8-9,14H,7H2,1-3H3. The van der Waals surface area contributed by atoms with Gasteiger partial charge in [-0.25, -0.2) is 0 Å². The van der Waals surface area contributed by atoms with E-state index in [2.05, 4.69) is 0 Å². The summed E-state index contributed by atoms with van der Waals surface area (Å²) in [7, 11) is 0. The molecular formula is C12H17ClO2. The first-order valence-electron chi connectivity index (χ1n) is 5.11. The van der Waals surface area contributed by atoms with E-state index in [9.17, 15) is 0 Å². The average Bonchev–Trinajstić information content (AvgIpc) is 2.19. The fraction of sp³-hybridized carbons (Fsp3) is 0.500. The lowest BCUT2D eigenvalue weighted by Gasteiger charge is -2.17. The monoisotopic (exact) mass is 228 g/mol. The number of hydrogen-bond acceptors (Lipinski definition) is 2. The molecule has 1 unspecified atom stereocenters. The second kappa shape index (κ2) is 5.38. The molecule has 1 atom stereocenters. The zero-order valence-electron chi connectivity index (χ0n) is 9.33. The van der Waals surface area contributed by atoms with E-state index in [0.717, 1.165) is 11.3 Å². The molecule has 0 aliphatic rings. The Labute approximate surface area is 95.8 Å². The van der Waals surface area contributed by atoms with Crippen molar-refractivity contribution in [2.75, 3.05) is 6.61 Å². The fourth-order valence-electron chi connectivity index (χ4n) is 1.36. The van der Waals surface area contributed by atoms with Crippen LogP contribution in [0.4, 0.5) is 0 Å². The SMILES string of the molecule is CC(C)Oc1ccc(Cl)cc1C(C)CO. The van der Waals surface area contributed by atoms with Gasteiger partial charge in [0.1, 0.15) is 5.75 Å². The maximum Gasteiger partial charge on any atom is 0.123 e. The number of halogens is 1. The summed E-state index contributed by atoms with van der Waals surface area (Å²) in [6, 6.07) is 5.50. The van der Waals surface area contributed by atoms with Gasteiger partial charge in [-0.05, 0) is 32.0 Å². The maximum absolute atomic E-state index is 9.14. The molecule has 2 nitrogen and oxygen atoms in total. The molecular weight excluding hydrogens is 212 g/mol. The second-order valence-electron chi connectivity index (χ2n) is 3.93. The van der Waals surface area contributed by atoms with E-state index >= 15 is 0 Å². The minimum atomic E-state index is 0.0393. The highest BCUT2D eigenvalue weighted by Gasteiger charge is 2.12. The Balaban J connectivity index is 3.02. The Kier molecular flexibility index (Phi) is 4.43. The summed E-state index contributed by atoms with van der Waals surface area (Å²) in [5, 5.41) is 9.81. The van der Waals surface area contributed by atoms with E-state index in [1.165, 1.54) is 0 Å². The molecule has 0 aromatic heterocycles. The molecule has 0 amide bonds. The van der Waals surface area contributed by atoms with Crippen LogP contribution >= 0.6 is 11.6 Å². The molecule has 1 aromatic carbocycles. The lowest BCUT2D eigenvalue weighted by atomic mass is 10.0. The fourth-order valence-corrected chi connectivity index (χ4v) is 1.54. The third-order valence-corrected chi connectivity index (χ3v) is 2.37. The summed E-state index contributed by atoms with van der Waals surface area (Å²) < 4.78 is 5.65. The highest BCUT2D eigenvalue weighted by atomic mass is 35.5. The molecule has 0 fully saturated rings. The zero-order chi connectivity index (χ0) is 11.4. The average molecular weight is 229 g/mol. The maximum atomic E-state index is 9.14. The molecule has 1 aromatic rings. The van der Waals surface area contributed by atoms with Gasteiger partial charge in [-0.1, -0.05) is 18.5 Å². The van der Waals surface area contributed by atoms with Crippen molar-refractivity contribution in [1.82, 2.24) is 0 Å². The van der Waals surface area contributed by atoms with Crippen molar-refractivity contribution in [2.45, 2.75) is 32.8 Å². The van der Waals surface area contributed by atoms with Gasteiger partial charge in [-0.3, -0.25) is 0 Å². The van der Waals surface area contributed by atoms with Gasteiger partial charge in [0.05, 0.1) is 6.10 Å². The summed E-state index contributed by atoms with van der Waals surface area (Å²) >= 11 is 5.92. The van der Waals surface area contributed by atoms with E-state index in [1.807, 2.05) is 32.9 Å². The van der Waals surface area contributed by atoms with Crippen LogP contribution in [-0.4, -0.2) is 17.8 Å². The van der Waals surface area contributed by atoms with Crippen LogP contribution in [-0.2, 0) is 0 Å². The minimum Gasteiger partial charge on any atom is -0.491 e. The second-order valence-corrected chi connectivity index (χ2v) is 4.37. The Morgan fingerprint density at radius 3 is 2.53 bits per heavy atom. The molecule has 0 saturated carbocycles. The van der Waals surface area contributed by atoms with E-state index < -0.39 is 0 Å². The molecule has 1 rings (SSSR count). The largest absolute Gasteiger partial charge is 0.491 e. The number of benzene rings is 1. The molecule has 1 N–H and O–H groups in total. The van der Waals surface area contributed by atoms with E-state index in [0.29, 0.717) is 5.02 Å². The van der Waals surface area contributed by atoms with Crippen molar-refractivity contribution >= 4 is 11.6 Å². The van der Waals surface area contributed by atoms with Gasteiger partial charge in [-0.2, -0.15) is 0 Å². The van der Waals surface area contributed by atoms with E-state index in [-0.39, 0.29) is 18.6 Å². The number of ether oxygens (including phenoxy) is 1. The van der Waals surface area contributed by atoms with Crippen LogP contribution in [0, 0.1) is 0 Å². The number of rotatable bonds is 4. The molecule has 0 heterocycles. The van der Waals surface area contributed by atoms with Crippen molar-refractivity contribution in [3.05, 3.63) is 28.8 Å². The molecule has 15 heavy (non-hydrogen) atoms. The molecule has 3 heteroatoms. The molecule has 0 aliphatic carbocycles. The van der Waals surface area contributed by atoms with E-state index in [1.54, 1.807) is 6.07 Å². The quantitative estimate of drug-likeness (QED) is 0.858. The summed E-state index contributed by atoms with van der Waals surface area (Å²) in [6.45, 7) is 5.98. The summed E-state index contributed by atoms with van der Waals surface area (Å²) in [4.78, 5) is 0. The first-order chi connectivity index (χ1) is 7.04. The Morgan fingerprint density at radius 1 is 1.33 bits per heavy atom. The smallest absolute Gasteiger partial charge is 0.123 e. The van der Waals surface area contributed by atoms with Crippen molar-refractivity contribution in [3.63, 3.8) is 0 Å². The van der Waals surface area contributed by atoms with Gasteiger partial charge in [0.15, 0.2) is 0 Å². The summed E-state index contributed by atoms with van der Waals surface area (Å²) in [6.07, 6.45) is 0.121. The number of aliphatic hydroxyl groups is 1. The van der Waals surface area contributed by atoms with Crippen LogP contribution < -0.4 is 4.74 Å². The van der Waals surface area contributed by atoms with Crippen molar-refractivity contribution in [3.8, 4) is 5.75 Å². The molecule has 0 saturated heterocycles. The predicted octanol–water partition coefficient (Wildman–Crippen LogP) is 3.22. The first kappa shape index (κ1) is 12.3. The van der Waals surface area contributed by atoms with Gasteiger partial charge < -0.3 is 9.84 Å². The van der Waals surface area contributed by atoms with Crippen LogP contribution in [0.5, 0.6) is 5.75 Å². The number of hydrogen-bond donors (Lipinski definition) is 1. The van der Waals surface area contributed by atoms with E-state index in [4.69, 9.17) is 21.4 Å². The topological polar surface area (TPSA) is 29.5 Å². The zero-order valence-corrected chi connectivity index (χ0v) is 10.1. The normalized spacial score (nSPS) is 12.9. The Hall–Kier alpha value is -0.730. The lowest BCUT2D eigenvalue weighted by molar-refractivity contribution is 0.231. The molecule has 0 radical (unpaired) electrons. The highest BCUT2D eigenvalue weighted by molar-refractivity contribution is 6.30. The Morgan fingerprint density at radius 2 is 2.00 bits per heavy atom. The first-order valence-corrected chi connectivity index (χ1v) is 5.49. The van der Waals surface area contributed by atoms with Gasteiger partial charge in [0, 0.05) is 23.1 Å². The van der Waals surface area contributed by atoms with Crippen LogP contribution in [0.3, 0.4) is 0 Å². The van der Waals surface area contributed by atoms with Gasteiger partial charge in [-0.15, -0.1) is 0 Å². The van der Waals surface area contributed by atoms with Gasteiger partial charge >= 0.3 is 0 Å². The highest BCUT2D eigenvalue weighted by Crippen LogP contribution is 2.30. The Bertz CT molecular complexity index is 323. The van der Waals surface area contributed by atoms with Crippen LogP contribution in [0.1, 0.15) is 32.3 Å². The summed E-state index contributed by atoms with van der Waals surface area (Å²) in [5.41, 5.74) is 0.957. The van der Waals surface area contributed by atoms with Crippen molar-refractivity contribution < 1.29 is 9.84 Å². The molecule has 0 spiro atoms. The van der Waals surface area contributed by atoms with Crippen molar-refractivity contribution in [1.29, 1.82) is 0 Å².